The molecule has 0 N–H and O–H groups in total. The van der Waals surface area contributed by atoms with Crippen LogP contribution in [0.4, 0.5) is 8.78 Å². The zero-order valence-corrected chi connectivity index (χ0v) is 17.7. The van der Waals surface area contributed by atoms with Crippen LogP contribution >= 0.6 is 11.8 Å². The molecule has 1 heterocycles. The summed E-state index contributed by atoms with van der Waals surface area (Å²) in [5.41, 5.74) is 2.33. The number of hydrogen-bond donors (Lipinski definition) is 0. The molecule has 0 bridgehead atoms. The highest BCUT2D eigenvalue weighted by Gasteiger charge is 2.18. The molecule has 158 valence electrons. The maximum atomic E-state index is 13.6. The van der Waals surface area contributed by atoms with Gasteiger partial charge in [-0.2, -0.15) is 0 Å². The van der Waals surface area contributed by atoms with Crippen molar-refractivity contribution in [3.8, 4) is 28.6 Å². The van der Waals surface area contributed by atoms with E-state index in [1.165, 1.54) is 17.8 Å². The van der Waals surface area contributed by atoms with Gasteiger partial charge in [0.15, 0.2) is 34.1 Å². The maximum Gasteiger partial charge on any atom is 0.196 e. The first kappa shape index (κ1) is 20.9. The normalized spacial score (nSPS) is 10.8. The Morgan fingerprint density at radius 3 is 2.32 bits per heavy atom. The van der Waals surface area contributed by atoms with Crippen molar-refractivity contribution >= 4 is 11.8 Å². The molecule has 0 fully saturated rings. The van der Waals surface area contributed by atoms with Gasteiger partial charge in [-0.25, -0.2) is 8.78 Å². The fourth-order valence-corrected chi connectivity index (χ4v) is 4.01. The number of para-hydroxylation sites is 1. The van der Waals surface area contributed by atoms with E-state index in [-0.39, 0.29) is 0 Å². The van der Waals surface area contributed by atoms with Gasteiger partial charge < -0.3 is 9.47 Å². The minimum absolute atomic E-state index is 0.411. The fourth-order valence-electron chi connectivity index (χ4n) is 3.11. The van der Waals surface area contributed by atoms with Crippen LogP contribution in [0.2, 0.25) is 0 Å². The minimum Gasteiger partial charge on any atom is -0.493 e. The van der Waals surface area contributed by atoms with Crippen LogP contribution in [0, 0.1) is 11.6 Å². The van der Waals surface area contributed by atoms with Gasteiger partial charge in [-0.1, -0.05) is 36.0 Å². The van der Waals surface area contributed by atoms with Gasteiger partial charge >= 0.3 is 0 Å². The van der Waals surface area contributed by atoms with Crippen LogP contribution in [-0.2, 0) is 5.75 Å². The topological polar surface area (TPSA) is 49.2 Å². The molecule has 4 aromatic rings. The Bertz CT molecular complexity index is 1200. The predicted octanol–water partition coefficient (Wildman–Crippen LogP) is 5.52. The van der Waals surface area contributed by atoms with E-state index >= 15 is 0 Å². The fraction of sp³-hybridized carbons (Fsp3) is 0.130. The molecule has 0 unspecified atom stereocenters. The molecule has 8 heteroatoms. The average molecular weight is 439 g/mol. The summed E-state index contributed by atoms with van der Waals surface area (Å²) >= 11 is 1.39. The van der Waals surface area contributed by atoms with E-state index in [1.54, 1.807) is 20.3 Å². The summed E-state index contributed by atoms with van der Waals surface area (Å²) in [6.45, 7) is 0. The molecule has 0 saturated carbocycles. The smallest absolute Gasteiger partial charge is 0.196 e. The third kappa shape index (κ3) is 4.39. The van der Waals surface area contributed by atoms with Crippen molar-refractivity contribution in [1.82, 2.24) is 14.8 Å². The highest BCUT2D eigenvalue weighted by Crippen LogP contribution is 2.34. The van der Waals surface area contributed by atoms with Crippen LogP contribution in [-0.4, -0.2) is 29.0 Å². The molecule has 0 aliphatic rings. The molecular formula is C23H19F2N3O2S. The standard InChI is InChI=1S/C23H19F2N3O2S/c1-29-20-11-9-16(13-21(20)30-2)22-26-27-23(28(22)17-6-4-3-5-7-17)31-14-15-8-10-18(24)19(25)12-15/h3-13H,14H2,1-2H3. The van der Waals surface area contributed by atoms with Gasteiger partial charge in [-0.05, 0) is 48.0 Å². The van der Waals surface area contributed by atoms with Crippen LogP contribution in [0.3, 0.4) is 0 Å². The molecule has 1 aromatic heterocycles. The van der Waals surface area contributed by atoms with Crippen LogP contribution in [0.15, 0.2) is 71.9 Å². The Hall–Kier alpha value is -3.39. The molecule has 0 amide bonds. The lowest BCUT2D eigenvalue weighted by Gasteiger charge is -2.12. The number of halogens is 2. The summed E-state index contributed by atoms with van der Waals surface area (Å²) < 4.78 is 39.5. The van der Waals surface area contributed by atoms with Crippen LogP contribution < -0.4 is 9.47 Å². The maximum absolute atomic E-state index is 13.6. The zero-order valence-electron chi connectivity index (χ0n) is 16.9. The van der Waals surface area contributed by atoms with Crippen molar-refractivity contribution in [1.29, 1.82) is 0 Å². The summed E-state index contributed by atoms with van der Waals surface area (Å²) in [4.78, 5) is 0. The molecular weight excluding hydrogens is 420 g/mol. The van der Waals surface area contributed by atoms with Gasteiger partial charge in [0.25, 0.3) is 0 Å². The van der Waals surface area contributed by atoms with E-state index in [0.29, 0.717) is 33.8 Å². The lowest BCUT2D eigenvalue weighted by atomic mass is 10.2. The van der Waals surface area contributed by atoms with E-state index in [1.807, 2.05) is 53.1 Å². The van der Waals surface area contributed by atoms with Crippen LogP contribution in [0.25, 0.3) is 17.1 Å². The second-order valence-electron chi connectivity index (χ2n) is 6.58. The van der Waals surface area contributed by atoms with E-state index in [4.69, 9.17) is 9.47 Å². The minimum atomic E-state index is -0.867. The number of aromatic nitrogens is 3. The summed E-state index contributed by atoms with van der Waals surface area (Å²) in [5, 5.41) is 9.38. The molecule has 5 nitrogen and oxygen atoms in total. The molecule has 0 saturated heterocycles. The quantitative estimate of drug-likeness (QED) is 0.355. The molecule has 0 spiro atoms. The first-order chi connectivity index (χ1) is 15.1. The molecule has 0 aliphatic carbocycles. The van der Waals surface area contributed by atoms with E-state index in [9.17, 15) is 8.78 Å². The van der Waals surface area contributed by atoms with Crippen molar-refractivity contribution in [3.63, 3.8) is 0 Å². The molecule has 4 rings (SSSR count). The van der Waals surface area contributed by atoms with Gasteiger partial charge in [0.2, 0.25) is 0 Å². The highest BCUT2D eigenvalue weighted by atomic mass is 32.2. The zero-order chi connectivity index (χ0) is 21.8. The molecule has 0 radical (unpaired) electrons. The third-order valence-corrected chi connectivity index (χ3v) is 5.64. The van der Waals surface area contributed by atoms with Crippen molar-refractivity contribution < 1.29 is 18.3 Å². The van der Waals surface area contributed by atoms with Crippen molar-refractivity contribution in [3.05, 3.63) is 83.9 Å². The van der Waals surface area contributed by atoms with Gasteiger partial charge in [0.1, 0.15) is 0 Å². The van der Waals surface area contributed by atoms with Crippen molar-refractivity contribution in [2.45, 2.75) is 10.9 Å². The lowest BCUT2D eigenvalue weighted by Crippen LogP contribution is -2.00. The summed E-state index contributed by atoms with van der Waals surface area (Å²) in [7, 11) is 3.16. The molecule has 31 heavy (non-hydrogen) atoms. The summed E-state index contributed by atoms with van der Waals surface area (Å²) in [6, 6.07) is 19.1. The number of methoxy groups -OCH3 is 2. The molecule has 0 atom stereocenters. The Kier molecular flexibility index (Phi) is 6.18. The number of hydrogen-bond acceptors (Lipinski definition) is 5. The average Bonchev–Trinajstić information content (AvgIpc) is 3.24. The number of nitrogens with zero attached hydrogens (tertiary/aromatic N) is 3. The largest absolute Gasteiger partial charge is 0.493 e. The Labute approximate surface area is 182 Å². The summed E-state index contributed by atoms with van der Waals surface area (Å²) in [5.74, 6) is 0.503. The molecule has 0 aliphatic heterocycles. The monoisotopic (exact) mass is 439 g/mol. The Balaban J connectivity index is 1.73. The van der Waals surface area contributed by atoms with Crippen LogP contribution in [0.5, 0.6) is 11.5 Å². The summed E-state index contributed by atoms with van der Waals surface area (Å²) in [6.07, 6.45) is 0. The van der Waals surface area contributed by atoms with E-state index < -0.39 is 11.6 Å². The first-order valence-electron chi connectivity index (χ1n) is 9.40. The Morgan fingerprint density at radius 1 is 0.839 bits per heavy atom. The van der Waals surface area contributed by atoms with Crippen LogP contribution in [0.1, 0.15) is 5.56 Å². The third-order valence-electron chi connectivity index (χ3n) is 4.64. The van der Waals surface area contributed by atoms with E-state index in [0.717, 1.165) is 17.3 Å². The number of ether oxygens (including phenoxy) is 2. The van der Waals surface area contributed by atoms with E-state index in [2.05, 4.69) is 10.2 Å². The first-order valence-corrected chi connectivity index (χ1v) is 10.4. The number of benzene rings is 3. The second-order valence-corrected chi connectivity index (χ2v) is 7.53. The van der Waals surface area contributed by atoms with Crippen molar-refractivity contribution in [2.24, 2.45) is 0 Å². The van der Waals surface area contributed by atoms with Crippen molar-refractivity contribution in [2.75, 3.05) is 14.2 Å². The van der Waals surface area contributed by atoms with Gasteiger partial charge in [-0.15, -0.1) is 10.2 Å². The van der Waals surface area contributed by atoms with Gasteiger partial charge in [-0.3, -0.25) is 4.57 Å². The van der Waals surface area contributed by atoms with Gasteiger partial charge in [0, 0.05) is 17.0 Å². The highest BCUT2D eigenvalue weighted by molar-refractivity contribution is 7.98. The second kappa shape index (κ2) is 9.18. The predicted molar refractivity (Wildman–Crippen MR) is 116 cm³/mol. The lowest BCUT2D eigenvalue weighted by molar-refractivity contribution is 0.355. The van der Waals surface area contributed by atoms with Gasteiger partial charge in [0.05, 0.1) is 14.2 Å². The SMILES string of the molecule is COc1ccc(-c2nnc(SCc3ccc(F)c(F)c3)n2-c2ccccc2)cc1OC. The number of rotatable bonds is 7. The Morgan fingerprint density at radius 2 is 1.61 bits per heavy atom. The molecule has 3 aromatic carbocycles. The number of thioether (sulfide) groups is 1.